The Hall–Kier alpha value is -2.79. The number of aliphatic hydroxyl groups is 2. The lowest BCUT2D eigenvalue weighted by molar-refractivity contribution is -0.293. The van der Waals surface area contributed by atoms with Crippen LogP contribution in [-0.4, -0.2) is 41.6 Å². The van der Waals surface area contributed by atoms with Crippen molar-refractivity contribution < 1.29 is 46.1 Å². The number of aliphatic hydroxyl groups excluding tert-OH is 1. The lowest BCUT2D eigenvalue weighted by atomic mass is 9.87. The van der Waals surface area contributed by atoms with Crippen LogP contribution in [0.5, 0.6) is 5.75 Å². The van der Waals surface area contributed by atoms with Crippen LogP contribution in [0.3, 0.4) is 0 Å². The number of ether oxygens (including phenoxy) is 1. The van der Waals surface area contributed by atoms with Gasteiger partial charge < -0.3 is 20.3 Å². The molecule has 0 aliphatic carbocycles. The van der Waals surface area contributed by atoms with Gasteiger partial charge in [-0.1, -0.05) is 36.4 Å². The Balaban J connectivity index is 2.00. The summed E-state index contributed by atoms with van der Waals surface area (Å²) >= 11 is 0. The van der Waals surface area contributed by atoms with Crippen molar-refractivity contribution in [1.82, 2.24) is 5.32 Å². The van der Waals surface area contributed by atoms with Gasteiger partial charge in [0.15, 0.2) is 6.10 Å². The van der Waals surface area contributed by atoms with Crippen molar-refractivity contribution >= 4 is 5.91 Å². The standard InChI is InChI=1S/C19H17F6NO4/c20-18(21,22)13-7-4-8-14(11-13)30-10-9-26-16(28)15(27)17(29,19(23,24)25)12-5-2-1-3-6-12/h1-8,11,15,27,29H,9-10H2,(H,26,28). The van der Waals surface area contributed by atoms with Gasteiger partial charge in [0.05, 0.1) is 12.1 Å². The number of carbonyl (C=O) groups excluding carboxylic acids is 1. The minimum absolute atomic E-state index is 0.171. The summed E-state index contributed by atoms with van der Waals surface area (Å²) in [6.45, 7) is -0.829. The van der Waals surface area contributed by atoms with Crippen molar-refractivity contribution in [1.29, 1.82) is 0 Å². The molecule has 30 heavy (non-hydrogen) atoms. The molecule has 2 rings (SSSR count). The van der Waals surface area contributed by atoms with Gasteiger partial charge in [0.1, 0.15) is 12.4 Å². The van der Waals surface area contributed by atoms with Crippen LogP contribution in [0.15, 0.2) is 54.6 Å². The van der Waals surface area contributed by atoms with E-state index in [0.29, 0.717) is 6.07 Å². The normalized spacial score (nSPS) is 15.2. The first-order valence-corrected chi connectivity index (χ1v) is 8.48. The van der Waals surface area contributed by atoms with E-state index in [4.69, 9.17) is 4.74 Å². The molecule has 0 heterocycles. The van der Waals surface area contributed by atoms with Crippen molar-refractivity contribution in [2.24, 2.45) is 0 Å². The van der Waals surface area contributed by atoms with Crippen LogP contribution in [-0.2, 0) is 16.6 Å². The van der Waals surface area contributed by atoms with E-state index in [-0.39, 0.29) is 5.75 Å². The highest BCUT2D eigenvalue weighted by Gasteiger charge is 2.61. The third kappa shape index (κ3) is 5.22. The Kier molecular flexibility index (Phi) is 6.99. The molecule has 2 aromatic rings. The molecule has 164 valence electrons. The molecule has 3 N–H and O–H groups in total. The summed E-state index contributed by atoms with van der Waals surface area (Å²) in [6.07, 6.45) is -12.9. The van der Waals surface area contributed by atoms with E-state index in [1.54, 1.807) is 0 Å². The molecule has 2 atom stereocenters. The van der Waals surface area contributed by atoms with E-state index in [0.717, 1.165) is 24.3 Å². The van der Waals surface area contributed by atoms with Gasteiger partial charge in [-0.05, 0) is 23.8 Å². The van der Waals surface area contributed by atoms with Crippen LogP contribution in [0.1, 0.15) is 11.1 Å². The molecule has 2 unspecified atom stereocenters. The molecular weight excluding hydrogens is 420 g/mol. The Bertz CT molecular complexity index is 856. The van der Waals surface area contributed by atoms with Gasteiger partial charge in [0.25, 0.3) is 5.91 Å². The highest BCUT2D eigenvalue weighted by Crippen LogP contribution is 2.41. The minimum atomic E-state index is -5.38. The monoisotopic (exact) mass is 437 g/mol. The highest BCUT2D eigenvalue weighted by atomic mass is 19.4. The minimum Gasteiger partial charge on any atom is -0.492 e. The number of carbonyl (C=O) groups is 1. The van der Waals surface area contributed by atoms with Crippen LogP contribution in [0.4, 0.5) is 26.3 Å². The van der Waals surface area contributed by atoms with Crippen LogP contribution in [0.2, 0.25) is 0 Å². The highest BCUT2D eigenvalue weighted by molar-refractivity contribution is 5.82. The number of alkyl halides is 6. The van der Waals surface area contributed by atoms with Gasteiger partial charge in [-0.2, -0.15) is 26.3 Å². The molecule has 5 nitrogen and oxygen atoms in total. The van der Waals surface area contributed by atoms with Gasteiger partial charge in [-0.25, -0.2) is 0 Å². The van der Waals surface area contributed by atoms with Crippen molar-refractivity contribution in [3.05, 3.63) is 65.7 Å². The van der Waals surface area contributed by atoms with E-state index in [2.05, 4.69) is 0 Å². The molecule has 0 saturated carbocycles. The number of benzene rings is 2. The lowest BCUT2D eigenvalue weighted by Gasteiger charge is -2.34. The molecule has 0 bridgehead atoms. The largest absolute Gasteiger partial charge is 0.492 e. The molecule has 2 aromatic carbocycles. The number of hydrogen-bond acceptors (Lipinski definition) is 4. The zero-order valence-electron chi connectivity index (χ0n) is 15.2. The summed E-state index contributed by atoms with van der Waals surface area (Å²) in [7, 11) is 0. The molecule has 11 heteroatoms. The summed E-state index contributed by atoms with van der Waals surface area (Å²) < 4.78 is 83.3. The average Bonchev–Trinajstić information content (AvgIpc) is 2.69. The maximum atomic E-state index is 13.4. The van der Waals surface area contributed by atoms with E-state index in [9.17, 15) is 41.4 Å². The molecular formula is C19H17F6NO4. The predicted molar refractivity (Wildman–Crippen MR) is 92.3 cm³/mol. The SMILES string of the molecule is O=C(NCCOc1cccc(C(F)(F)F)c1)C(O)C(O)(c1ccccc1)C(F)(F)F. The summed E-state index contributed by atoms with van der Waals surface area (Å²) in [5.41, 5.74) is -5.56. The van der Waals surface area contributed by atoms with E-state index in [1.165, 1.54) is 24.3 Å². The van der Waals surface area contributed by atoms with Crippen LogP contribution in [0, 0.1) is 0 Å². The fourth-order valence-electron chi connectivity index (χ4n) is 2.56. The van der Waals surface area contributed by atoms with Crippen molar-refractivity contribution in [3.63, 3.8) is 0 Å². The Morgan fingerprint density at radius 3 is 2.13 bits per heavy atom. The molecule has 0 aliphatic rings. The summed E-state index contributed by atoms with van der Waals surface area (Å²) in [5, 5.41) is 22.0. The molecule has 0 spiro atoms. The second-order valence-electron chi connectivity index (χ2n) is 6.20. The maximum Gasteiger partial charge on any atom is 0.424 e. The number of halogens is 6. The molecule has 0 radical (unpaired) electrons. The Labute approximate surface area is 166 Å². The fourth-order valence-corrected chi connectivity index (χ4v) is 2.56. The predicted octanol–water partition coefficient (Wildman–Crippen LogP) is 3.01. The summed E-state index contributed by atoms with van der Waals surface area (Å²) in [4.78, 5) is 12.0. The Morgan fingerprint density at radius 2 is 1.57 bits per heavy atom. The molecule has 0 aliphatic heterocycles. The average molecular weight is 437 g/mol. The van der Waals surface area contributed by atoms with Crippen molar-refractivity contribution in [2.75, 3.05) is 13.2 Å². The van der Waals surface area contributed by atoms with Gasteiger partial charge in [0, 0.05) is 0 Å². The first-order valence-electron chi connectivity index (χ1n) is 8.48. The van der Waals surface area contributed by atoms with Gasteiger partial charge in [-0.3, -0.25) is 4.79 Å². The number of nitrogens with one attached hydrogen (secondary N) is 1. The fraction of sp³-hybridized carbons (Fsp3) is 0.316. The first kappa shape index (κ1) is 23.5. The zero-order valence-corrected chi connectivity index (χ0v) is 15.2. The topological polar surface area (TPSA) is 78.8 Å². The van der Waals surface area contributed by atoms with E-state index in [1.807, 2.05) is 5.32 Å². The number of amides is 1. The van der Waals surface area contributed by atoms with Crippen molar-refractivity contribution in [2.45, 2.75) is 24.1 Å². The van der Waals surface area contributed by atoms with Gasteiger partial charge in [0.2, 0.25) is 5.60 Å². The quantitative estimate of drug-likeness (QED) is 0.460. The van der Waals surface area contributed by atoms with Gasteiger partial charge in [-0.15, -0.1) is 0 Å². The first-order chi connectivity index (χ1) is 13.9. The molecule has 0 fully saturated rings. The number of hydrogen-bond donors (Lipinski definition) is 3. The second kappa shape index (κ2) is 8.92. The van der Waals surface area contributed by atoms with Crippen LogP contribution >= 0.6 is 0 Å². The molecule has 0 saturated heterocycles. The maximum absolute atomic E-state index is 13.4. The zero-order chi connectivity index (χ0) is 22.6. The molecule has 0 aromatic heterocycles. The number of rotatable bonds is 7. The third-order valence-electron chi connectivity index (χ3n) is 4.12. The lowest BCUT2D eigenvalue weighted by Crippen LogP contribution is -2.57. The van der Waals surface area contributed by atoms with E-state index < -0.39 is 54.2 Å². The summed E-state index contributed by atoms with van der Waals surface area (Å²) in [5.74, 6) is -1.71. The van der Waals surface area contributed by atoms with Crippen molar-refractivity contribution in [3.8, 4) is 5.75 Å². The second-order valence-corrected chi connectivity index (χ2v) is 6.20. The summed E-state index contributed by atoms with van der Waals surface area (Å²) in [6, 6.07) is 9.45. The van der Waals surface area contributed by atoms with Crippen LogP contribution < -0.4 is 10.1 Å². The third-order valence-corrected chi connectivity index (χ3v) is 4.12. The molecule has 1 amide bonds. The van der Waals surface area contributed by atoms with Crippen LogP contribution in [0.25, 0.3) is 0 Å². The Morgan fingerprint density at radius 1 is 0.967 bits per heavy atom. The van der Waals surface area contributed by atoms with E-state index >= 15 is 0 Å². The smallest absolute Gasteiger partial charge is 0.424 e. The van der Waals surface area contributed by atoms with Gasteiger partial charge >= 0.3 is 12.4 Å².